The van der Waals surface area contributed by atoms with Gasteiger partial charge in [0.2, 0.25) is 0 Å². The van der Waals surface area contributed by atoms with E-state index in [0.29, 0.717) is 12.2 Å². The van der Waals surface area contributed by atoms with Crippen LogP contribution in [0.3, 0.4) is 0 Å². The number of hydrogen-bond donors (Lipinski definition) is 0. The van der Waals surface area contributed by atoms with E-state index >= 15 is 0 Å². The molecule has 0 saturated carbocycles. The second-order valence-corrected chi connectivity index (χ2v) is 1.68. The van der Waals surface area contributed by atoms with Crippen molar-refractivity contribution in [3.05, 3.63) is 11.6 Å². The molecule has 0 heterocycles. The molecule has 54 valence electrons. The molecule has 0 fully saturated rings. The van der Waals surface area contributed by atoms with Gasteiger partial charge in [-0.2, -0.15) is 5.26 Å². The van der Waals surface area contributed by atoms with Crippen LogP contribution < -0.4 is 0 Å². The van der Waals surface area contributed by atoms with E-state index in [1.54, 1.807) is 19.9 Å². The van der Waals surface area contributed by atoms with Crippen LogP contribution in [0.15, 0.2) is 11.6 Å². The lowest BCUT2D eigenvalue weighted by atomic mass is 10.3. The highest BCUT2D eigenvalue weighted by atomic mass is 16.5. The van der Waals surface area contributed by atoms with Gasteiger partial charge in [0, 0.05) is 11.6 Å². The van der Waals surface area contributed by atoms with E-state index in [2.05, 4.69) is 4.74 Å². The lowest BCUT2D eigenvalue weighted by Gasteiger charge is -1.97. The molecule has 0 spiro atoms. The van der Waals surface area contributed by atoms with Crippen molar-refractivity contribution in [2.75, 3.05) is 6.61 Å². The molecule has 0 aliphatic rings. The third-order valence-electron chi connectivity index (χ3n) is 0.878. The molecule has 10 heavy (non-hydrogen) atoms. The summed E-state index contributed by atoms with van der Waals surface area (Å²) in [6.07, 6.45) is 1.16. The molecule has 0 aromatic carbocycles. The summed E-state index contributed by atoms with van der Waals surface area (Å²) in [6.45, 7) is 3.61. The van der Waals surface area contributed by atoms with Gasteiger partial charge in [0.25, 0.3) is 0 Å². The third-order valence-corrected chi connectivity index (χ3v) is 0.878. The monoisotopic (exact) mass is 139 g/mol. The minimum absolute atomic E-state index is 0.337. The SMILES string of the molecule is CCOC(=O)/C(C)=C/C#N. The maximum atomic E-state index is 10.7. The largest absolute Gasteiger partial charge is 0.463 e. The summed E-state index contributed by atoms with van der Waals surface area (Å²) in [5, 5.41) is 8.12. The number of carbonyl (C=O) groups is 1. The number of nitrogens with zero attached hydrogens (tertiary/aromatic N) is 1. The van der Waals surface area contributed by atoms with Crippen LogP contribution in [0.25, 0.3) is 0 Å². The van der Waals surface area contributed by atoms with Crippen LogP contribution in [-0.2, 0) is 9.53 Å². The van der Waals surface area contributed by atoms with Gasteiger partial charge in [-0.1, -0.05) is 0 Å². The molecule has 0 saturated heterocycles. The van der Waals surface area contributed by atoms with Crippen LogP contribution >= 0.6 is 0 Å². The van der Waals surface area contributed by atoms with Crippen molar-refractivity contribution in [1.82, 2.24) is 0 Å². The number of carbonyl (C=O) groups excluding carboxylic acids is 1. The Balaban J connectivity index is 3.98. The summed E-state index contributed by atoms with van der Waals surface area (Å²) in [5.74, 6) is -0.427. The average Bonchev–Trinajstić information content (AvgIpc) is 1.89. The Hall–Kier alpha value is -1.30. The van der Waals surface area contributed by atoms with E-state index in [-0.39, 0.29) is 0 Å². The normalized spacial score (nSPS) is 10.3. The van der Waals surface area contributed by atoms with Gasteiger partial charge in [-0.05, 0) is 13.8 Å². The van der Waals surface area contributed by atoms with Crippen LogP contribution in [0.4, 0.5) is 0 Å². The number of rotatable bonds is 2. The van der Waals surface area contributed by atoms with Crippen molar-refractivity contribution in [1.29, 1.82) is 5.26 Å². The highest BCUT2D eigenvalue weighted by Crippen LogP contribution is 1.94. The Kier molecular flexibility index (Phi) is 3.97. The number of esters is 1. The Morgan fingerprint density at radius 2 is 2.40 bits per heavy atom. The summed E-state index contributed by atoms with van der Waals surface area (Å²) < 4.78 is 4.60. The first-order valence-corrected chi connectivity index (χ1v) is 2.95. The van der Waals surface area contributed by atoms with E-state index in [1.807, 2.05) is 0 Å². The van der Waals surface area contributed by atoms with Gasteiger partial charge < -0.3 is 4.74 Å². The predicted octanol–water partition coefficient (Wildman–Crippen LogP) is 1.02. The molecule has 0 bridgehead atoms. The molecule has 0 amide bonds. The molecule has 0 aromatic rings. The standard InChI is InChI=1S/C7H9NO2/c1-3-10-7(9)6(2)4-5-8/h4H,3H2,1-2H3/b6-4+. The summed E-state index contributed by atoms with van der Waals surface area (Å²) in [7, 11) is 0. The van der Waals surface area contributed by atoms with Gasteiger partial charge in [0.1, 0.15) is 0 Å². The third kappa shape index (κ3) is 2.88. The Bertz CT molecular complexity index is 188. The van der Waals surface area contributed by atoms with Gasteiger partial charge in [0.15, 0.2) is 0 Å². The predicted molar refractivity (Wildman–Crippen MR) is 36.0 cm³/mol. The van der Waals surface area contributed by atoms with Crippen molar-refractivity contribution >= 4 is 5.97 Å². The topological polar surface area (TPSA) is 50.1 Å². The van der Waals surface area contributed by atoms with Crippen LogP contribution in [0.2, 0.25) is 0 Å². The number of nitriles is 1. The van der Waals surface area contributed by atoms with Crippen LogP contribution in [0.1, 0.15) is 13.8 Å². The van der Waals surface area contributed by atoms with Crippen molar-refractivity contribution in [3.8, 4) is 6.07 Å². The first kappa shape index (κ1) is 8.70. The molecule has 3 nitrogen and oxygen atoms in total. The highest BCUT2D eigenvalue weighted by Gasteiger charge is 2.01. The zero-order valence-electron chi connectivity index (χ0n) is 6.05. The number of allylic oxidation sites excluding steroid dienone is 1. The molecule has 3 heteroatoms. The minimum Gasteiger partial charge on any atom is -0.463 e. The highest BCUT2D eigenvalue weighted by molar-refractivity contribution is 5.88. The average molecular weight is 139 g/mol. The number of hydrogen-bond acceptors (Lipinski definition) is 3. The molecule has 0 N–H and O–H groups in total. The fraction of sp³-hybridized carbons (Fsp3) is 0.429. The van der Waals surface area contributed by atoms with Crippen molar-refractivity contribution in [2.24, 2.45) is 0 Å². The molecular weight excluding hydrogens is 130 g/mol. The van der Waals surface area contributed by atoms with E-state index in [4.69, 9.17) is 5.26 Å². The summed E-state index contributed by atoms with van der Waals surface area (Å²) in [6, 6.07) is 1.74. The molecule has 0 rings (SSSR count). The van der Waals surface area contributed by atoms with Gasteiger partial charge in [-0.25, -0.2) is 4.79 Å². The smallest absolute Gasteiger partial charge is 0.334 e. The Labute approximate surface area is 59.9 Å². The number of ether oxygens (including phenoxy) is 1. The summed E-state index contributed by atoms with van der Waals surface area (Å²) in [4.78, 5) is 10.7. The zero-order chi connectivity index (χ0) is 7.98. The Morgan fingerprint density at radius 1 is 1.80 bits per heavy atom. The van der Waals surface area contributed by atoms with Crippen molar-refractivity contribution in [3.63, 3.8) is 0 Å². The quantitative estimate of drug-likeness (QED) is 0.326. The molecule has 0 unspecified atom stereocenters. The van der Waals surface area contributed by atoms with E-state index in [0.717, 1.165) is 6.08 Å². The summed E-state index contributed by atoms with van der Waals surface area (Å²) >= 11 is 0. The maximum absolute atomic E-state index is 10.7. The van der Waals surface area contributed by atoms with Gasteiger partial charge in [0.05, 0.1) is 12.7 Å². The first-order chi connectivity index (χ1) is 4.72. The molecule has 0 aromatic heterocycles. The minimum atomic E-state index is -0.427. The molecule has 0 aliphatic carbocycles. The summed E-state index contributed by atoms with van der Waals surface area (Å²) in [5.41, 5.74) is 0.337. The fourth-order valence-corrected chi connectivity index (χ4v) is 0.401. The lowest BCUT2D eigenvalue weighted by Crippen LogP contribution is -2.04. The first-order valence-electron chi connectivity index (χ1n) is 2.95. The van der Waals surface area contributed by atoms with Gasteiger partial charge in [-0.15, -0.1) is 0 Å². The maximum Gasteiger partial charge on any atom is 0.334 e. The molecule has 0 radical (unpaired) electrons. The van der Waals surface area contributed by atoms with Crippen molar-refractivity contribution < 1.29 is 9.53 Å². The second kappa shape index (κ2) is 4.57. The molecular formula is C7H9NO2. The van der Waals surface area contributed by atoms with Crippen LogP contribution in [0, 0.1) is 11.3 Å². The Morgan fingerprint density at radius 3 is 2.80 bits per heavy atom. The van der Waals surface area contributed by atoms with E-state index in [1.165, 1.54) is 0 Å². The molecule has 0 aliphatic heterocycles. The van der Waals surface area contributed by atoms with Crippen LogP contribution in [-0.4, -0.2) is 12.6 Å². The lowest BCUT2D eigenvalue weighted by molar-refractivity contribution is -0.138. The van der Waals surface area contributed by atoms with Gasteiger partial charge in [-0.3, -0.25) is 0 Å². The van der Waals surface area contributed by atoms with Crippen LogP contribution in [0.5, 0.6) is 0 Å². The molecule has 0 atom stereocenters. The fourth-order valence-electron chi connectivity index (χ4n) is 0.401. The van der Waals surface area contributed by atoms with Gasteiger partial charge >= 0.3 is 5.97 Å². The van der Waals surface area contributed by atoms with E-state index < -0.39 is 5.97 Å². The van der Waals surface area contributed by atoms with E-state index in [9.17, 15) is 4.79 Å². The zero-order valence-corrected chi connectivity index (χ0v) is 6.05. The van der Waals surface area contributed by atoms with Crippen molar-refractivity contribution in [2.45, 2.75) is 13.8 Å². The second-order valence-electron chi connectivity index (χ2n) is 1.68.